The number of ether oxygens (including phenoxy) is 1. The summed E-state index contributed by atoms with van der Waals surface area (Å²) in [6, 6.07) is 10.3. The SMILES string of the molecule is CC(NS(=O)(=O)c1ccccc1OC(F)(F)F)c1ccc(Cl)cc1. The van der Waals surface area contributed by atoms with Gasteiger partial charge in [-0.2, -0.15) is 0 Å². The summed E-state index contributed by atoms with van der Waals surface area (Å²) < 4.78 is 68.2. The fourth-order valence-corrected chi connectivity index (χ4v) is 3.48. The van der Waals surface area contributed by atoms with E-state index >= 15 is 0 Å². The molecule has 2 aromatic rings. The zero-order chi connectivity index (χ0) is 18.0. The lowest BCUT2D eigenvalue weighted by Gasteiger charge is -2.17. The summed E-state index contributed by atoms with van der Waals surface area (Å²) >= 11 is 5.77. The molecule has 1 atom stereocenters. The maximum atomic E-state index is 12.4. The van der Waals surface area contributed by atoms with Crippen molar-refractivity contribution in [3.05, 3.63) is 59.1 Å². The summed E-state index contributed by atoms with van der Waals surface area (Å²) in [5, 5.41) is 0.484. The molecule has 1 N–H and O–H groups in total. The van der Waals surface area contributed by atoms with Crippen molar-refractivity contribution in [2.24, 2.45) is 0 Å². The molecule has 0 saturated heterocycles. The van der Waals surface area contributed by atoms with E-state index in [1.165, 1.54) is 12.1 Å². The summed E-state index contributed by atoms with van der Waals surface area (Å²) in [4.78, 5) is -0.594. The second kappa shape index (κ2) is 7.00. The molecule has 0 radical (unpaired) electrons. The van der Waals surface area contributed by atoms with Crippen LogP contribution in [0.4, 0.5) is 13.2 Å². The van der Waals surface area contributed by atoms with E-state index < -0.39 is 33.1 Å². The van der Waals surface area contributed by atoms with Gasteiger partial charge in [-0.25, -0.2) is 13.1 Å². The summed E-state index contributed by atoms with van der Waals surface area (Å²) in [6.45, 7) is 1.56. The minimum atomic E-state index is -4.99. The Labute approximate surface area is 142 Å². The lowest BCUT2D eigenvalue weighted by molar-refractivity contribution is -0.275. The number of hydrogen-bond acceptors (Lipinski definition) is 3. The molecule has 0 aliphatic carbocycles. The molecule has 9 heteroatoms. The predicted molar refractivity (Wildman–Crippen MR) is 83.3 cm³/mol. The van der Waals surface area contributed by atoms with Crippen LogP contribution in [0.5, 0.6) is 5.75 Å². The van der Waals surface area contributed by atoms with Gasteiger partial charge in [-0.05, 0) is 36.8 Å². The van der Waals surface area contributed by atoms with Crippen LogP contribution >= 0.6 is 11.6 Å². The van der Waals surface area contributed by atoms with Crippen LogP contribution in [0.25, 0.3) is 0 Å². The second-order valence-corrected chi connectivity index (χ2v) is 7.01. The van der Waals surface area contributed by atoms with Gasteiger partial charge in [0.25, 0.3) is 0 Å². The number of nitrogens with one attached hydrogen (secondary N) is 1. The van der Waals surface area contributed by atoms with Crippen molar-refractivity contribution in [2.75, 3.05) is 0 Å². The summed E-state index contributed by atoms with van der Waals surface area (Å²) in [6.07, 6.45) is -4.99. The van der Waals surface area contributed by atoms with E-state index in [2.05, 4.69) is 9.46 Å². The quantitative estimate of drug-likeness (QED) is 0.843. The molecule has 24 heavy (non-hydrogen) atoms. The molecule has 4 nitrogen and oxygen atoms in total. The number of halogens is 4. The highest BCUT2D eigenvalue weighted by atomic mass is 35.5. The summed E-state index contributed by atoms with van der Waals surface area (Å²) in [7, 11) is -4.23. The molecular formula is C15H13ClF3NO3S. The Morgan fingerprint density at radius 1 is 1.08 bits per heavy atom. The maximum Gasteiger partial charge on any atom is 0.573 e. The predicted octanol–water partition coefficient (Wildman–Crippen LogP) is 4.28. The third kappa shape index (κ3) is 4.86. The number of alkyl halides is 3. The Morgan fingerprint density at radius 3 is 2.25 bits per heavy atom. The molecular weight excluding hydrogens is 367 g/mol. The Morgan fingerprint density at radius 2 is 1.67 bits per heavy atom. The van der Waals surface area contributed by atoms with Gasteiger partial charge in [-0.15, -0.1) is 13.2 Å². The molecule has 1 unspecified atom stereocenters. The van der Waals surface area contributed by atoms with E-state index in [0.717, 1.165) is 12.1 Å². The van der Waals surface area contributed by atoms with Crippen molar-refractivity contribution in [1.82, 2.24) is 4.72 Å². The smallest absolute Gasteiger partial charge is 0.404 e. The first kappa shape index (κ1) is 18.6. The lowest BCUT2D eigenvalue weighted by Crippen LogP contribution is -2.28. The van der Waals surface area contributed by atoms with Crippen molar-refractivity contribution in [2.45, 2.75) is 24.2 Å². The Hall–Kier alpha value is -1.77. The standard InChI is InChI=1S/C15H13ClF3NO3S/c1-10(11-6-8-12(16)9-7-11)20-24(21,22)14-5-3-2-4-13(14)23-15(17,18)19/h2-10,20H,1H3. The largest absolute Gasteiger partial charge is 0.573 e. The topological polar surface area (TPSA) is 55.4 Å². The zero-order valence-corrected chi connectivity index (χ0v) is 13.9. The molecule has 0 aromatic heterocycles. The molecule has 0 bridgehead atoms. The van der Waals surface area contributed by atoms with E-state index in [1.807, 2.05) is 0 Å². The van der Waals surface area contributed by atoms with Gasteiger partial charge in [-0.3, -0.25) is 0 Å². The molecule has 0 aliphatic heterocycles. The third-order valence-corrected chi connectivity index (χ3v) is 4.90. The van der Waals surface area contributed by atoms with Gasteiger partial charge in [0.15, 0.2) is 0 Å². The Bertz CT molecular complexity index is 807. The molecule has 130 valence electrons. The van der Waals surface area contributed by atoms with E-state index in [-0.39, 0.29) is 0 Å². The van der Waals surface area contributed by atoms with Crippen molar-refractivity contribution in [1.29, 1.82) is 0 Å². The minimum absolute atomic E-state index is 0.484. The number of para-hydroxylation sites is 1. The van der Waals surface area contributed by atoms with Crippen LogP contribution in [0.2, 0.25) is 5.02 Å². The first-order valence-corrected chi connectivity index (χ1v) is 8.57. The van der Waals surface area contributed by atoms with E-state index in [9.17, 15) is 21.6 Å². The van der Waals surface area contributed by atoms with Crippen LogP contribution in [0, 0.1) is 0 Å². The number of hydrogen-bond donors (Lipinski definition) is 1. The number of rotatable bonds is 5. The lowest BCUT2D eigenvalue weighted by atomic mass is 10.1. The van der Waals surface area contributed by atoms with Gasteiger partial charge in [0, 0.05) is 11.1 Å². The van der Waals surface area contributed by atoms with Crippen molar-refractivity contribution in [3.63, 3.8) is 0 Å². The second-order valence-electron chi connectivity index (χ2n) is 4.89. The molecule has 0 aliphatic rings. The molecule has 0 spiro atoms. The van der Waals surface area contributed by atoms with Crippen molar-refractivity contribution >= 4 is 21.6 Å². The van der Waals surface area contributed by atoms with Gasteiger partial charge in [0.05, 0.1) is 0 Å². The average Bonchev–Trinajstić information content (AvgIpc) is 2.46. The number of sulfonamides is 1. The molecule has 0 heterocycles. The molecule has 2 rings (SSSR count). The average molecular weight is 380 g/mol. The third-order valence-electron chi connectivity index (χ3n) is 3.07. The van der Waals surface area contributed by atoms with E-state index in [4.69, 9.17) is 11.6 Å². The van der Waals surface area contributed by atoms with E-state index in [0.29, 0.717) is 10.6 Å². The van der Waals surface area contributed by atoms with Gasteiger partial charge < -0.3 is 4.74 Å². The van der Waals surface area contributed by atoms with Gasteiger partial charge in [0.1, 0.15) is 10.6 Å². The fourth-order valence-electron chi connectivity index (χ4n) is 2.00. The van der Waals surface area contributed by atoms with Gasteiger partial charge in [0.2, 0.25) is 10.0 Å². The van der Waals surface area contributed by atoms with Crippen LogP contribution in [-0.2, 0) is 10.0 Å². The molecule has 0 amide bonds. The normalized spacial score (nSPS) is 13.5. The Kier molecular flexibility index (Phi) is 5.42. The van der Waals surface area contributed by atoms with Crippen LogP contribution < -0.4 is 9.46 Å². The molecule has 0 saturated carbocycles. The molecule has 0 fully saturated rings. The van der Waals surface area contributed by atoms with Gasteiger partial charge in [-0.1, -0.05) is 35.9 Å². The highest BCUT2D eigenvalue weighted by molar-refractivity contribution is 7.89. The summed E-state index contributed by atoms with van der Waals surface area (Å²) in [5.74, 6) is -0.791. The highest BCUT2D eigenvalue weighted by Crippen LogP contribution is 2.30. The van der Waals surface area contributed by atoms with Crippen molar-refractivity contribution < 1.29 is 26.3 Å². The van der Waals surface area contributed by atoms with E-state index in [1.54, 1.807) is 31.2 Å². The zero-order valence-electron chi connectivity index (χ0n) is 12.3. The van der Waals surface area contributed by atoms with Crippen LogP contribution in [-0.4, -0.2) is 14.8 Å². The summed E-state index contributed by atoms with van der Waals surface area (Å²) in [5.41, 5.74) is 0.609. The van der Waals surface area contributed by atoms with Gasteiger partial charge >= 0.3 is 6.36 Å². The van der Waals surface area contributed by atoms with Crippen molar-refractivity contribution in [3.8, 4) is 5.75 Å². The number of benzene rings is 2. The first-order chi connectivity index (χ1) is 11.1. The van der Waals surface area contributed by atoms with Crippen LogP contribution in [0.1, 0.15) is 18.5 Å². The minimum Gasteiger partial charge on any atom is -0.404 e. The molecule has 2 aromatic carbocycles. The van der Waals surface area contributed by atoms with Crippen LogP contribution in [0.15, 0.2) is 53.4 Å². The Balaban J connectivity index is 2.29. The fraction of sp³-hybridized carbons (Fsp3) is 0.200. The monoisotopic (exact) mass is 379 g/mol. The highest BCUT2D eigenvalue weighted by Gasteiger charge is 2.34. The van der Waals surface area contributed by atoms with Crippen LogP contribution in [0.3, 0.4) is 0 Å². The first-order valence-electron chi connectivity index (χ1n) is 6.71. The maximum absolute atomic E-state index is 12.4.